The fourth-order valence-corrected chi connectivity index (χ4v) is 4.66. The standard InChI is InChI=1S/C40H58O3/c1-30(18-13-20-32(3)21-15-23-34(5)25-28-38(42)40(9,10)43)16-11-12-17-31(2)19-14-22-33(4)24-27-36-35(6)26-29-37(41)39(36,7)8/h11-24,27,37-38,41-43H,25-26,28-29H2,1-10H3/b12-11+,18-13+,19-14+,21-15+,27-24+,30-16+,31-17+,32-20+,33-22+,34-23+. The minimum Gasteiger partial charge on any atom is -0.392 e. The minimum absolute atomic E-state index is 0.208. The summed E-state index contributed by atoms with van der Waals surface area (Å²) in [6.07, 6.45) is 33.4. The molecule has 0 bridgehead atoms. The molecule has 0 aliphatic heterocycles. The lowest BCUT2D eigenvalue weighted by molar-refractivity contribution is -0.0509. The average Bonchev–Trinajstić information content (AvgIpc) is 2.91. The lowest BCUT2D eigenvalue weighted by Gasteiger charge is -2.37. The van der Waals surface area contributed by atoms with Crippen molar-refractivity contribution in [2.75, 3.05) is 0 Å². The van der Waals surface area contributed by atoms with E-state index in [4.69, 9.17) is 0 Å². The van der Waals surface area contributed by atoms with Gasteiger partial charge in [0.2, 0.25) is 0 Å². The Balaban J connectivity index is 2.60. The molecular weight excluding hydrogens is 528 g/mol. The summed E-state index contributed by atoms with van der Waals surface area (Å²) in [5.41, 5.74) is 7.17. The molecule has 1 aliphatic rings. The third-order valence-corrected chi connectivity index (χ3v) is 7.93. The Bertz CT molecular complexity index is 1240. The predicted octanol–water partition coefficient (Wildman–Crippen LogP) is 9.91. The second-order valence-corrected chi connectivity index (χ2v) is 13.1. The van der Waals surface area contributed by atoms with Gasteiger partial charge < -0.3 is 15.3 Å². The summed E-state index contributed by atoms with van der Waals surface area (Å²) in [7, 11) is 0. The van der Waals surface area contributed by atoms with E-state index in [2.05, 4.69) is 134 Å². The van der Waals surface area contributed by atoms with Gasteiger partial charge in [-0.2, -0.15) is 0 Å². The van der Waals surface area contributed by atoms with E-state index >= 15 is 0 Å². The van der Waals surface area contributed by atoms with Crippen LogP contribution in [0.2, 0.25) is 0 Å². The van der Waals surface area contributed by atoms with E-state index in [9.17, 15) is 15.3 Å². The van der Waals surface area contributed by atoms with Crippen LogP contribution in [0.4, 0.5) is 0 Å². The average molecular weight is 587 g/mol. The summed E-state index contributed by atoms with van der Waals surface area (Å²) >= 11 is 0. The van der Waals surface area contributed by atoms with Gasteiger partial charge in [-0.15, -0.1) is 0 Å². The Kier molecular flexibility index (Phi) is 16.5. The first-order chi connectivity index (χ1) is 20.0. The van der Waals surface area contributed by atoms with Gasteiger partial charge in [0.1, 0.15) is 0 Å². The Morgan fingerprint density at radius 1 is 0.791 bits per heavy atom. The van der Waals surface area contributed by atoms with Crippen LogP contribution in [0.15, 0.2) is 130 Å². The zero-order valence-corrected chi connectivity index (χ0v) is 28.5. The minimum atomic E-state index is -1.07. The van der Waals surface area contributed by atoms with Crippen molar-refractivity contribution >= 4 is 0 Å². The van der Waals surface area contributed by atoms with Crippen molar-refractivity contribution in [3.63, 3.8) is 0 Å². The Labute approximate surface area is 263 Å². The Morgan fingerprint density at radius 2 is 1.23 bits per heavy atom. The SMILES string of the molecule is CC1=C(/C=C/C(C)=C/C=C/C(C)=C/C=C/C=C(C)/C=C/C=C(C)/C=C/C=C(\C)CCC(O)C(C)(C)O)C(C)(C)C(O)CC1. The molecule has 0 aromatic carbocycles. The van der Waals surface area contributed by atoms with E-state index in [0.717, 1.165) is 30.4 Å². The van der Waals surface area contributed by atoms with E-state index in [1.807, 2.05) is 13.0 Å². The number of aliphatic hydroxyl groups excluding tert-OH is 2. The molecule has 2 unspecified atom stereocenters. The van der Waals surface area contributed by atoms with Crippen LogP contribution in [0, 0.1) is 5.41 Å². The molecule has 0 amide bonds. The van der Waals surface area contributed by atoms with E-state index in [0.29, 0.717) is 6.42 Å². The summed E-state index contributed by atoms with van der Waals surface area (Å²) in [6, 6.07) is 0. The maximum absolute atomic E-state index is 10.4. The highest BCUT2D eigenvalue weighted by Crippen LogP contribution is 2.41. The van der Waals surface area contributed by atoms with E-state index in [-0.39, 0.29) is 11.5 Å². The number of hydrogen-bond donors (Lipinski definition) is 3. The summed E-state index contributed by atoms with van der Waals surface area (Å²) in [6.45, 7) is 20.1. The second-order valence-electron chi connectivity index (χ2n) is 13.1. The molecule has 3 N–H and O–H groups in total. The highest BCUT2D eigenvalue weighted by molar-refractivity contribution is 5.38. The van der Waals surface area contributed by atoms with Crippen molar-refractivity contribution in [1.29, 1.82) is 0 Å². The lowest BCUT2D eigenvalue weighted by Crippen LogP contribution is -2.35. The van der Waals surface area contributed by atoms with Gasteiger partial charge in [0.25, 0.3) is 0 Å². The van der Waals surface area contributed by atoms with Crippen LogP contribution in [0.3, 0.4) is 0 Å². The predicted molar refractivity (Wildman–Crippen MR) is 188 cm³/mol. The number of hydrogen-bond acceptors (Lipinski definition) is 3. The molecule has 0 heterocycles. The monoisotopic (exact) mass is 586 g/mol. The van der Waals surface area contributed by atoms with Gasteiger partial charge in [-0.1, -0.05) is 138 Å². The topological polar surface area (TPSA) is 60.7 Å². The van der Waals surface area contributed by atoms with Gasteiger partial charge in [-0.3, -0.25) is 0 Å². The summed E-state index contributed by atoms with van der Waals surface area (Å²) < 4.78 is 0. The first-order valence-corrected chi connectivity index (χ1v) is 15.6. The van der Waals surface area contributed by atoms with Gasteiger partial charge in [-0.25, -0.2) is 0 Å². The Morgan fingerprint density at radius 3 is 1.72 bits per heavy atom. The maximum atomic E-state index is 10.4. The molecule has 0 saturated carbocycles. The molecule has 0 aromatic heterocycles. The van der Waals surface area contributed by atoms with Crippen molar-refractivity contribution in [3.05, 3.63) is 130 Å². The van der Waals surface area contributed by atoms with Gasteiger partial charge in [0.05, 0.1) is 17.8 Å². The van der Waals surface area contributed by atoms with Gasteiger partial charge >= 0.3 is 0 Å². The van der Waals surface area contributed by atoms with Gasteiger partial charge in [-0.05, 0) is 86.6 Å². The molecule has 1 rings (SSSR count). The van der Waals surface area contributed by atoms with Crippen LogP contribution in [0.25, 0.3) is 0 Å². The molecule has 1 aliphatic carbocycles. The maximum Gasteiger partial charge on any atom is 0.0849 e. The zero-order chi connectivity index (χ0) is 32.6. The Hall–Kier alpha value is -2.98. The highest BCUT2D eigenvalue weighted by atomic mass is 16.3. The molecule has 0 radical (unpaired) electrons. The van der Waals surface area contributed by atoms with Crippen molar-refractivity contribution in [2.45, 2.75) is 113 Å². The number of rotatable bonds is 14. The molecule has 0 spiro atoms. The van der Waals surface area contributed by atoms with Crippen molar-refractivity contribution in [2.24, 2.45) is 5.41 Å². The van der Waals surface area contributed by atoms with Crippen molar-refractivity contribution in [1.82, 2.24) is 0 Å². The first kappa shape index (κ1) is 38.0. The number of aliphatic hydroxyl groups is 3. The van der Waals surface area contributed by atoms with Crippen LogP contribution in [0.1, 0.15) is 94.9 Å². The van der Waals surface area contributed by atoms with Crippen molar-refractivity contribution in [3.8, 4) is 0 Å². The fraction of sp³-hybridized carbons (Fsp3) is 0.450. The first-order valence-electron chi connectivity index (χ1n) is 15.6. The fourth-order valence-electron chi connectivity index (χ4n) is 4.66. The second kappa shape index (κ2) is 18.6. The summed E-state index contributed by atoms with van der Waals surface area (Å²) in [5, 5.41) is 30.2. The molecule has 236 valence electrons. The molecule has 0 aromatic rings. The zero-order valence-electron chi connectivity index (χ0n) is 28.5. The molecule has 0 fully saturated rings. The van der Waals surface area contributed by atoms with Gasteiger partial charge in [0.15, 0.2) is 0 Å². The number of allylic oxidation sites excluding steroid dienone is 21. The molecule has 0 saturated heterocycles. The van der Waals surface area contributed by atoms with E-state index < -0.39 is 11.7 Å². The largest absolute Gasteiger partial charge is 0.392 e. The third-order valence-electron chi connectivity index (χ3n) is 7.93. The van der Waals surface area contributed by atoms with Crippen LogP contribution < -0.4 is 0 Å². The van der Waals surface area contributed by atoms with Crippen LogP contribution in [-0.4, -0.2) is 33.1 Å². The van der Waals surface area contributed by atoms with Crippen molar-refractivity contribution < 1.29 is 15.3 Å². The van der Waals surface area contributed by atoms with Crippen LogP contribution >= 0.6 is 0 Å². The van der Waals surface area contributed by atoms with Gasteiger partial charge in [0, 0.05) is 5.41 Å². The molecule has 43 heavy (non-hydrogen) atoms. The van der Waals surface area contributed by atoms with Crippen LogP contribution in [-0.2, 0) is 0 Å². The molecular formula is C40H58O3. The lowest BCUT2D eigenvalue weighted by atomic mass is 9.70. The normalized spacial score (nSPS) is 21.1. The third kappa shape index (κ3) is 15.4. The molecule has 3 nitrogen and oxygen atoms in total. The van der Waals surface area contributed by atoms with E-state index in [1.165, 1.54) is 27.9 Å². The quantitative estimate of drug-likeness (QED) is 0.178. The summed E-state index contributed by atoms with van der Waals surface area (Å²) in [4.78, 5) is 0. The highest BCUT2D eigenvalue weighted by Gasteiger charge is 2.34. The smallest absolute Gasteiger partial charge is 0.0849 e. The van der Waals surface area contributed by atoms with Crippen LogP contribution in [0.5, 0.6) is 0 Å². The summed E-state index contributed by atoms with van der Waals surface area (Å²) in [5.74, 6) is 0. The molecule has 3 heteroatoms. The van der Waals surface area contributed by atoms with E-state index in [1.54, 1.807) is 13.8 Å². The molecule has 2 atom stereocenters.